The van der Waals surface area contributed by atoms with Crippen LogP contribution >= 0.6 is 0 Å². The van der Waals surface area contributed by atoms with Gasteiger partial charge in [-0.15, -0.1) is 0 Å². The molecule has 1 aromatic heterocycles. The standard InChI is InChI=1S/C24H22N4O7/c1-13-19(23(29)33-3)21(16-9-7-10-17-22(16)26-35-25-17)20(24(30)34-4)14(2)27(13)12-15-8-5-6-11-18(15)28(31)32/h5-11,21H,12H2,1-4H3. The van der Waals surface area contributed by atoms with Crippen molar-refractivity contribution in [1.29, 1.82) is 0 Å². The van der Waals surface area contributed by atoms with Crippen molar-refractivity contribution in [3.8, 4) is 0 Å². The number of para-hydroxylation sites is 1. The smallest absolute Gasteiger partial charge is 0.336 e. The van der Waals surface area contributed by atoms with Gasteiger partial charge in [-0.05, 0) is 35.8 Å². The Morgan fingerprint density at radius 3 is 2.23 bits per heavy atom. The first-order chi connectivity index (χ1) is 16.8. The van der Waals surface area contributed by atoms with E-state index in [1.54, 1.807) is 55.1 Å². The number of nitrogens with zero attached hydrogens (tertiary/aromatic N) is 4. The van der Waals surface area contributed by atoms with E-state index in [1.807, 2.05) is 0 Å². The van der Waals surface area contributed by atoms with Crippen molar-refractivity contribution >= 4 is 28.7 Å². The minimum Gasteiger partial charge on any atom is -0.466 e. The van der Waals surface area contributed by atoms with Crippen LogP contribution in [0, 0.1) is 10.1 Å². The summed E-state index contributed by atoms with van der Waals surface area (Å²) in [5.41, 5.74) is 2.96. The lowest BCUT2D eigenvalue weighted by atomic mass is 9.79. The van der Waals surface area contributed by atoms with Crippen LogP contribution in [0.1, 0.15) is 30.9 Å². The van der Waals surface area contributed by atoms with Gasteiger partial charge in [-0.2, -0.15) is 0 Å². The summed E-state index contributed by atoms with van der Waals surface area (Å²) in [5, 5.41) is 19.4. The third-order valence-electron chi connectivity index (χ3n) is 6.12. The molecule has 0 atom stereocenters. The van der Waals surface area contributed by atoms with E-state index in [1.165, 1.54) is 20.3 Å². The first kappa shape index (κ1) is 23.6. The molecule has 1 aliphatic rings. The lowest BCUT2D eigenvalue weighted by Crippen LogP contribution is -2.35. The van der Waals surface area contributed by atoms with Gasteiger partial charge >= 0.3 is 11.9 Å². The van der Waals surface area contributed by atoms with Gasteiger partial charge < -0.3 is 14.4 Å². The number of methoxy groups -OCH3 is 2. The van der Waals surface area contributed by atoms with Crippen LogP contribution in [0.2, 0.25) is 0 Å². The summed E-state index contributed by atoms with van der Waals surface area (Å²) < 4.78 is 15.1. The average Bonchev–Trinajstić information content (AvgIpc) is 3.34. The predicted molar refractivity (Wildman–Crippen MR) is 123 cm³/mol. The Hall–Kier alpha value is -4.54. The summed E-state index contributed by atoms with van der Waals surface area (Å²) in [6, 6.07) is 11.4. The summed E-state index contributed by atoms with van der Waals surface area (Å²) in [6.07, 6.45) is 0. The molecule has 180 valence electrons. The van der Waals surface area contributed by atoms with E-state index < -0.39 is 22.8 Å². The number of hydrogen-bond acceptors (Lipinski definition) is 10. The highest BCUT2D eigenvalue weighted by Gasteiger charge is 2.41. The number of hydrogen-bond donors (Lipinski definition) is 0. The molecule has 3 aromatic rings. The van der Waals surface area contributed by atoms with E-state index in [2.05, 4.69) is 10.3 Å². The molecule has 2 aromatic carbocycles. The van der Waals surface area contributed by atoms with Gasteiger partial charge in [0.1, 0.15) is 11.0 Å². The molecule has 35 heavy (non-hydrogen) atoms. The number of carbonyl (C=O) groups excluding carboxylic acids is 2. The zero-order valence-electron chi connectivity index (χ0n) is 19.5. The van der Waals surface area contributed by atoms with E-state index in [0.717, 1.165) is 0 Å². The molecule has 0 saturated heterocycles. The number of aromatic nitrogens is 2. The van der Waals surface area contributed by atoms with Crippen LogP contribution in [0.3, 0.4) is 0 Å². The molecule has 0 fully saturated rings. The number of rotatable bonds is 6. The average molecular weight is 478 g/mol. The van der Waals surface area contributed by atoms with E-state index in [-0.39, 0.29) is 23.4 Å². The normalized spacial score (nSPS) is 14.5. The molecule has 11 nitrogen and oxygen atoms in total. The molecule has 4 rings (SSSR count). The van der Waals surface area contributed by atoms with Gasteiger partial charge in [0, 0.05) is 23.0 Å². The molecule has 1 aliphatic heterocycles. The van der Waals surface area contributed by atoms with Crippen LogP contribution in [0.25, 0.3) is 11.0 Å². The lowest BCUT2D eigenvalue weighted by Gasteiger charge is -2.37. The van der Waals surface area contributed by atoms with Crippen LogP contribution in [0.4, 0.5) is 5.69 Å². The van der Waals surface area contributed by atoms with Crippen LogP contribution in [0.15, 0.2) is 69.6 Å². The third kappa shape index (κ3) is 4.01. The zero-order valence-corrected chi connectivity index (χ0v) is 19.5. The van der Waals surface area contributed by atoms with Gasteiger partial charge in [-0.1, -0.05) is 30.3 Å². The van der Waals surface area contributed by atoms with Crippen LogP contribution in [0.5, 0.6) is 0 Å². The molecule has 0 saturated carbocycles. The molecule has 0 spiro atoms. The maximum atomic E-state index is 13.1. The quantitative estimate of drug-likeness (QED) is 0.293. The Morgan fingerprint density at radius 1 is 1.00 bits per heavy atom. The highest BCUT2D eigenvalue weighted by Crippen LogP contribution is 2.45. The predicted octanol–water partition coefficient (Wildman–Crippen LogP) is 3.62. The number of nitro benzene ring substituents is 1. The zero-order chi connectivity index (χ0) is 25.3. The van der Waals surface area contributed by atoms with Gasteiger partial charge in [0.05, 0.1) is 42.8 Å². The highest BCUT2D eigenvalue weighted by atomic mass is 16.6. The van der Waals surface area contributed by atoms with Crippen molar-refractivity contribution in [3.63, 3.8) is 0 Å². The maximum Gasteiger partial charge on any atom is 0.336 e. The Morgan fingerprint density at radius 2 is 1.63 bits per heavy atom. The number of ether oxygens (including phenoxy) is 2. The molecule has 0 amide bonds. The van der Waals surface area contributed by atoms with Crippen LogP contribution in [-0.2, 0) is 25.6 Å². The highest BCUT2D eigenvalue weighted by molar-refractivity contribution is 6.01. The summed E-state index contributed by atoms with van der Waals surface area (Å²) in [6.45, 7) is 3.44. The Kier molecular flexibility index (Phi) is 6.32. The van der Waals surface area contributed by atoms with Gasteiger partial charge in [-0.3, -0.25) is 10.1 Å². The molecule has 0 aliphatic carbocycles. The molecular weight excluding hydrogens is 456 g/mol. The number of benzene rings is 2. The fourth-order valence-corrected chi connectivity index (χ4v) is 4.46. The van der Waals surface area contributed by atoms with E-state index in [4.69, 9.17) is 14.1 Å². The molecule has 0 bridgehead atoms. The fraction of sp³-hybridized carbons (Fsp3) is 0.250. The number of allylic oxidation sites excluding steroid dienone is 2. The van der Waals surface area contributed by atoms with Gasteiger partial charge in [0.15, 0.2) is 0 Å². The van der Waals surface area contributed by atoms with E-state index in [0.29, 0.717) is 33.6 Å². The summed E-state index contributed by atoms with van der Waals surface area (Å²) in [7, 11) is 2.49. The van der Waals surface area contributed by atoms with Crippen molar-refractivity contribution in [1.82, 2.24) is 15.2 Å². The van der Waals surface area contributed by atoms with Crippen LogP contribution in [-0.4, -0.2) is 46.3 Å². The summed E-state index contributed by atoms with van der Waals surface area (Å²) in [5.74, 6) is -2.22. The SMILES string of the molecule is COC(=O)C1=C(C)N(Cc2ccccc2[N+](=O)[O-])C(C)=C(C(=O)OC)C1c1cccc2nonc12. The monoisotopic (exact) mass is 478 g/mol. The second kappa shape index (κ2) is 9.37. The van der Waals surface area contributed by atoms with Crippen molar-refractivity contribution < 1.29 is 28.6 Å². The van der Waals surface area contributed by atoms with Crippen LogP contribution < -0.4 is 0 Å². The first-order valence-corrected chi connectivity index (χ1v) is 10.6. The van der Waals surface area contributed by atoms with Crippen molar-refractivity contribution in [3.05, 3.63) is 86.2 Å². The number of carbonyl (C=O) groups is 2. The molecule has 2 heterocycles. The van der Waals surface area contributed by atoms with E-state index in [9.17, 15) is 19.7 Å². The molecular formula is C24H22N4O7. The topological polar surface area (TPSA) is 138 Å². The summed E-state index contributed by atoms with van der Waals surface area (Å²) in [4.78, 5) is 39.0. The number of esters is 2. The van der Waals surface area contributed by atoms with Crippen molar-refractivity contribution in [2.24, 2.45) is 0 Å². The van der Waals surface area contributed by atoms with Gasteiger partial charge in [0.25, 0.3) is 5.69 Å². The molecule has 11 heteroatoms. The second-order valence-electron chi connectivity index (χ2n) is 7.87. The fourth-order valence-electron chi connectivity index (χ4n) is 4.46. The van der Waals surface area contributed by atoms with E-state index >= 15 is 0 Å². The summed E-state index contributed by atoms with van der Waals surface area (Å²) >= 11 is 0. The van der Waals surface area contributed by atoms with Crippen molar-refractivity contribution in [2.75, 3.05) is 14.2 Å². The minimum absolute atomic E-state index is 0.0399. The first-order valence-electron chi connectivity index (χ1n) is 10.6. The molecule has 0 radical (unpaired) electrons. The van der Waals surface area contributed by atoms with Gasteiger partial charge in [-0.25, -0.2) is 14.2 Å². The Labute approximate surface area is 199 Å². The number of fused-ring (bicyclic) bond motifs is 1. The lowest BCUT2D eigenvalue weighted by molar-refractivity contribution is -0.385. The van der Waals surface area contributed by atoms with Crippen molar-refractivity contribution in [2.45, 2.75) is 26.3 Å². The minimum atomic E-state index is -0.896. The Bertz CT molecular complexity index is 1370. The molecule has 0 unspecified atom stereocenters. The molecule has 0 N–H and O–H groups in total. The van der Waals surface area contributed by atoms with Gasteiger partial charge in [0.2, 0.25) is 0 Å². The number of nitro groups is 1. The third-order valence-corrected chi connectivity index (χ3v) is 6.12. The maximum absolute atomic E-state index is 13.1. The largest absolute Gasteiger partial charge is 0.466 e. The Balaban J connectivity index is 1.98. The second-order valence-corrected chi connectivity index (χ2v) is 7.87.